The van der Waals surface area contributed by atoms with Crippen LogP contribution in [0.4, 0.5) is 16.4 Å². The van der Waals surface area contributed by atoms with Gasteiger partial charge in [-0.15, -0.1) is 0 Å². The summed E-state index contributed by atoms with van der Waals surface area (Å²) in [7, 11) is 0. The molecule has 3 heterocycles. The van der Waals surface area contributed by atoms with E-state index >= 15 is 0 Å². The monoisotopic (exact) mass is 427 g/mol. The van der Waals surface area contributed by atoms with Crippen molar-refractivity contribution in [1.82, 2.24) is 30.1 Å². The van der Waals surface area contributed by atoms with E-state index in [9.17, 15) is 9.90 Å². The normalized spacial score (nSPS) is 20.5. The van der Waals surface area contributed by atoms with Crippen LogP contribution in [0.3, 0.4) is 0 Å². The quantitative estimate of drug-likeness (QED) is 0.455. The van der Waals surface area contributed by atoms with Crippen molar-refractivity contribution in [3.8, 4) is 0 Å². The number of alkyl carbamates (subject to hydrolysis) is 1. The van der Waals surface area contributed by atoms with Crippen molar-refractivity contribution in [2.45, 2.75) is 70.6 Å². The Balaban J connectivity index is 1.39. The van der Waals surface area contributed by atoms with Gasteiger partial charge in [-0.1, -0.05) is 6.92 Å². The summed E-state index contributed by atoms with van der Waals surface area (Å²) in [5, 5.41) is 27.7. The zero-order valence-electron chi connectivity index (χ0n) is 18.0. The number of rotatable bonds is 7. The van der Waals surface area contributed by atoms with Gasteiger partial charge in [0.25, 0.3) is 0 Å². The topological polar surface area (TPSA) is 129 Å². The molecule has 4 rings (SSSR count). The molecule has 1 fully saturated rings. The summed E-state index contributed by atoms with van der Waals surface area (Å²) in [5.74, 6) is 1.51. The summed E-state index contributed by atoms with van der Waals surface area (Å²) in [4.78, 5) is 16.4. The Morgan fingerprint density at radius 3 is 3.00 bits per heavy atom. The van der Waals surface area contributed by atoms with Crippen LogP contribution in [-0.2, 0) is 4.74 Å². The SMILES string of the molecule is CC[C@H](C)NC(=O)O[C@@H]1CC[C@H](c2cc(Nc3nccn4nc(C(C)O)cc34)n[nH]2)C1. The molecule has 31 heavy (non-hydrogen) atoms. The maximum Gasteiger partial charge on any atom is 0.407 e. The molecule has 1 aliphatic carbocycles. The van der Waals surface area contributed by atoms with E-state index in [4.69, 9.17) is 4.74 Å². The first-order valence-electron chi connectivity index (χ1n) is 10.7. The predicted molar refractivity (Wildman–Crippen MR) is 115 cm³/mol. The highest BCUT2D eigenvalue weighted by Gasteiger charge is 2.30. The van der Waals surface area contributed by atoms with Crippen molar-refractivity contribution in [2.75, 3.05) is 5.32 Å². The van der Waals surface area contributed by atoms with E-state index in [2.05, 4.69) is 30.9 Å². The minimum absolute atomic E-state index is 0.0881. The summed E-state index contributed by atoms with van der Waals surface area (Å²) < 4.78 is 7.24. The zero-order valence-corrected chi connectivity index (χ0v) is 18.0. The molecule has 1 unspecified atom stereocenters. The summed E-state index contributed by atoms with van der Waals surface area (Å²) in [6.45, 7) is 5.66. The molecule has 10 heteroatoms. The largest absolute Gasteiger partial charge is 0.446 e. The molecule has 0 saturated heterocycles. The van der Waals surface area contributed by atoms with E-state index < -0.39 is 6.10 Å². The molecule has 3 aromatic heterocycles. The Kier molecular flexibility index (Phi) is 6.08. The Bertz CT molecular complexity index is 1040. The smallest absolute Gasteiger partial charge is 0.407 e. The highest BCUT2D eigenvalue weighted by molar-refractivity contribution is 5.72. The maximum absolute atomic E-state index is 12.0. The van der Waals surface area contributed by atoms with Gasteiger partial charge in [-0.2, -0.15) is 10.2 Å². The number of aliphatic hydroxyl groups is 1. The average molecular weight is 428 g/mol. The highest BCUT2D eigenvalue weighted by Crippen LogP contribution is 2.36. The molecule has 1 amide bonds. The number of fused-ring (bicyclic) bond motifs is 1. The number of aromatic amines is 1. The van der Waals surface area contributed by atoms with Gasteiger partial charge >= 0.3 is 6.09 Å². The van der Waals surface area contributed by atoms with E-state index in [1.165, 1.54) is 0 Å². The fourth-order valence-electron chi connectivity index (χ4n) is 3.79. The summed E-state index contributed by atoms with van der Waals surface area (Å²) in [5.41, 5.74) is 2.33. The Morgan fingerprint density at radius 1 is 1.39 bits per heavy atom. The number of anilines is 2. The second kappa shape index (κ2) is 8.93. The van der Waals surface area contributed by atoms with Crippen molar-refractivity contribution in [2.24, 2.45) is 0 Å². The molecule has 0 bridgehead atoms. The average Bonchev–Trinajstić information content (AvgIpc) is 3.47. The van der Waals surface area contributed by atoms with Gasteiger partial charge in [0.1, 0.15) is 11.6 Å². The lowest BCUT2D eigenvalue weighted by atomic mass is 10.0. The third-order valence-corrected chi connectivity index (χ3v) is 5.76. The molecule has 0 radical (unpaired) electrons. The first-order valence-corrected chi connectivity index (χ1v) is 10.7. The van der Waals surface area contributed by atoms with Crippen LogP contribution in [0.25, 0.3) is 5.52 Å². The van der Waals surface area contributed by atoms with Crippen molar-refractivity contribution in [3.63, 3.8) is 0 Å². The molecular weight excluding hydrogens is 398 g/mol. The first kappa shape index (κ1) is 21.1. The van der Waals surface area contributed by atoms with Crippen LogP contribution in [0, 0.1) is 0 Å². The molecule has 3 aromatic rings. The number of ether oxygens (including phenoxy) is 1. The Labute approximate surface area is 180 Å². The van der Waals surface area contributed by atoms with Gasteiger partial charge in [-0.25, -0.2) is 14.3 Å². The number of hydrogen-bond donors (Lipinski definition) is 4. The van der Waals surface area contributed by atoms with Crippen LogP contribution in [0.15, 0.2) is 24.5 Å². The third-order valence-electron chi connectivity index (χ3n) is 5.76. The Morgan fingerprint density at radius 2 is 2.23 bits per heavy atom. The van der Waals surface area contributed by atoms with Crippen LogP contribution in [0.5, 0.6) is 0 Å². The van der Waals surface area contributed by atoms with E-state index in [0.717, 1.165) is 36.9 Å². The molecule has 4 N–H and O–H groups in total. The lowest BCUT2D eigenvalue weighted by Gasteiger charge is -2.16. The molecule has 0 aliphatic heterocycles. The lowest BCUT2D eigenvalue weighted by Crippen LogP contribution is -2.34. The van der Waals surface area contributed by atoms with Gasteiger partial charge in [-0.05, 0) is 45.6 Å². The van der Waals surface area contributed by atoms with Crippen LogP contribution in [-0.4, -0.2) is 48.1 Å². The number of H-pyrrole nitrogens is 1. The van der Waals surface area contributed by atoms with Gasteiger partial charge in [0.05, 0.1) is 11.8 Å². The van der Waals surface area contributed by atoms with Crippen LogP contribution < -0.4 is 10.6 Å². The van der Waals surface area contributed by atoms with Crippen molar-refractivity contribution >= 4 is 23.2 Å². The van der Waals surface area contributed by atoms with Gasteiger partial charge < -0.3 is 20.5 Å². The van der Waals surface area contributed by atoms with E-state index in [1.54, 1.807) is 29.9 Å². The molecule has 0 aromatic carbocycles. The maximum atomic E-state index is 12.0. The van der Waals surface area contributed by atoms with Gasteiger partial charge in [-0.3, -0.25) is 5.10 Å². The predicted octanol–water partition coefficient (Wildman–Crippen LogP) is 3.41. The third kappa shape index (κ3) is 4.79. The summed E-state index contributed by atoms with van der Waals surface area (Å²) in [6, 6.07) is 3.87. The molecule has 10 nitrogen and oxygen atoms in total. The zero-order chi connectivity index (χ0) is 22.0. The number of hydrogen-bond acceptors (Lipinski definition) is 7. The number of carbonyl (C=O) groups excluding carboxylic acids is 1. The molecule has 0 spiro atoms. The summed E-state index contributed by atoms with van der Waals surface area (Å²) >= 11 is 0. The molecule has 166 valence electrons. The fraction of sp³-hybridized carbons (Fsp3) is 0.524. The van der Waals surface area contributed by atoms with Crippen LogP contribution in [0.2, 0.25) is 0 Å². The van der Waals surface area contributed by atoms with Crippen molar-refractivity contribution in [3.05, 3.63) is 35.9 Å². The number of nitrogens with zero attached hydrogens (tertiary/aromatic N) is 4. The van der Waals surface area contributed by atoms with E-state index in [-0.39, 0.29) is 24.2 Å². The highest BCUT2D eigenvalue weighted by atomic mass is 16.6. The number of aromatic nitrogens is 5. The minimum atomic E-state index is -0.658. The number of aliphatic hydroxyl groups excluding tert-OH is 1. The molecule has 1 aliphatic rings. The lowest BCUT2D eigenvalue weighted by molar-refractivity contribution is 0.0974. The molecule has 1 saturated carbocycles. The van der Waals surface area contributed by atoms with E-state index in [0.29, 0.717) is 17.3 Å². The summed E-state index contributed by atoms with van der Waals surface area (Å²) in [6.07, 6.45) is 5.69. The van der Waals surface area contributed by atoms with Gasteiger partial charge in [0.2, 0.25) is 0 Å². The van der Waals surface area contributed by atoms with Crippen molar-refractivity contribution in [1.29, 1.82) is 0 Å². The van der Waals surface area contributed by atoms with Crippen molar-refractivity contribution < 1.29 is 14.6 Å². The minimum Gasteiger partial charge on any atom is -0.446 e. The standard InChI is InChI=1S/C21H29N7O3/c1-4-12(2)23-21(30)31-15-6-5-14(9-15)17-11-19(26-25-17)24-20-18-10-16(13(3)29)27-28(18)8-7-22-20/h7-8,10-15,29H,4-6,9H2,1-3H3,(H,23,30)(H2,22,24,25,26)/t12-,13?,14-,15+/m0/s1. The number of amides is 1. The number of nitrogens with one attached hydrogen (secondary N) is 3. The molecular formula is C21H29N7O3. The van der Waals surface area contributed by atoms with Crippen LogP contribution in [0.1, 0.15) is 69.9 Å². The fourth-order valence-corrected chi connectivity index (χ4v) is 3.79. The number of carbonyl (C=O) groups is 1. The Hall–Kier alpha value is -3.14. The second-order valence-electron chi connectivity index (χ2n) is 8.18. The van der Waals surface area contributed by atoms with Gasteiger partial charge in [0.15, 0.2) is 11.6 Å². The van der Waals surface area contributed by atoms with Gasteiger partial charge in [0, 0.05) is 36.1 Å². The molecule has 4 atom stereocenters. The first-order chi connectivity index (χ1) is 14.9. The second-order valence-corrected chi connectivity index (χ2v) is 8.18. The van der Waals surface area contributed by atoms with Crippen LogP contribution >= 0.6 is 0 Å². The van der Waals surface area contributed by atoms with E-state index in [1.807, 2.05) is 19.9 Å².